The number of sulfonamides is 1. The summed E-state index contributed by atoms with van der Waals surface area (Å²) in [6.07, 6.45) is 0. The third kappa shape index (κ3) is 3.39. The van der Waals surface area contributed by atoms with Crippen LogP contribution in [0.25, 0.3) is 0 Å². The first-order valence-electron chi connectivity index (χ1n) is 5.51. The minimum absolute atomic E-state index is 0.182. The van der Waals surface area contributed by atoms with Crippen LogP contribution < -0.4 is 4.72 Å². The standard InChI is InChI=1S/C12H9BrClNO4S2/c1-6-5-20-10(12(16)17)11(6)21(18,19)15-9-3-2-7(13)4-8(9)14/h2-5,15H,1H3,(H,16,17). The maximum Gasteiger partial charge on any atom is 0.347 e. The van der Waals surface area contributed by atoms with E-state index in [4.69, 9.17) is 16.7 Å². The van der Waals surface area contributed by atoms with E-state index in [0.29, 0.717) is 10.0 Å². The summed E-state index contributed by atoms with van der Waals surface area (Å²) < 4.78 is 27.8. The van der Waals surface area contributed by atoms with Gasteiger partial charge in [-0.05, 0) is 36.1 Å². The van der Waals surface area contributed by atoms with Gasteiger partial charge in [0.25, 0.3) is 10.0 Å². The smallest absolute Gasteiger partial charge is 0.347 e. The number of nitrogens with one attached hydrogen (secondary N) is 1. The van der Waals surface area contributed by atoms with Crippen LogP contribution in [-0.4, -0.2) is 19.5 Å². The molecule has 2 aromatic rings. The molecule has 0 aliphatic carbocycles. The molecular formula is C12H9BrClNO4S2. The molecule has 0 spiro atoms. The maximum atomic E-state index is 12.4. The average molecular weight is 411 g/mol. The Bertz CT molecular complexity index is 817. The van der Waals surface area contributed by atoms with E-state index in [1.165, 1.54) is 17.5 Å². The lowest BCUT2D eigenvalue weighted by Crippen LogP contribution is -2.16. The maximum absolute atomic E-state index is 12.4. The molecule has 0 saturated heterocycles. The van der Waals surface area contributed by atoms with Gasteiger partial charge in [0, 0.05) is 4.47 Å². The largest absolute Gasteiger partial charge is 0.477 e. The first-order chi connectivity index (χ1) is 9.72. The van der Waals surface area contributed by atoms with E-state index in [0.717, 1.165) is 11.3 Å². The van der Waals surface area contributed by atoms with Crippen LogP contribution >= 0.6 is 38.9 Å². The van der Waals surface area contributed by atoms with E-state index in [1.807, 2.05) is 0 Å². The van der Waals surface area contributed by atoms with Crippen LogP contribution in [0.2, 0.25) is 5.02 Å². The van der Waals surface area contributed by atoms with Crippen molar-refractivity contribution in [1.82, 2.24) is 0 Å². The first kappa shape index (κ1) is 16.3. The number of carboxylic acid groups (broad SMARTS) is 1. The Morgan fingerprint density at radius 1 is 1.43 bits per heavy atom. The first-order valence-corrected chi connectivity index (χ1v) is 9.05. The Morgan fingerprint density at radius 3 is 2.67 bits per heavy atom. The van der Waals surface area contributed by atoms with Crippen LogP contribution in [0.3, 0.4) is 0 Å². The molecule has 112 valence electrons. The van der Waals surface area contributed by atoms with Gasteiger partial charge >= 0.3 is 5.97 Å². The molecule has 1 aromatic carbocycles. The van der Waals surface area contributed by atoms with Crippen molar-refractivity contribution in [1.29, 1.82) is 0 Å². The Kier molecular flexibility index (Phi) is 4.62. The van der Waals surface area contributed by atoms with Crippen molar-refractivity contribution >= 4 is 60.5 Å². The van der Waals surface area contributed by atoms with Crippen LogP contribution in [0.5, 0.6) is 0 Å². The van der Waals surface area contributed by atoms with Crippen LogP contribution in [0.4, 0.5) is 5.69 Å². The molecule has 0 aliphatic rings. The minimum Gasteiger partial charge on any atom is -0.477 e. The molecule has 0 fully saturated rings. The number of rotatable bonds is 4. The van der Waals surface area contributed by atoms with Crippen molar-refractivity contribution in [3.63, 3.8) is 0 Å². The number of carboxylic acids is 1. The van der Waals surface area contributed by atoms with E-state index < -0.39 is 16.0 Å². The highest BCUT2D eigenvalue weighted by Crippen LogP contribution is 2.31. The van der Waals surface area contributed by atoms with Crippen molar-refractivity contribution in [2.45, 2.75) is 11.8 Å². The van der Waals surface area contributed by atoms with Crippen molar-refractivity contribution in [2.75, 3.05) is 4.72 Å². The van der Waals surface area contributed by atoms with Crippen LogP contribution in [-0.2, 0) is 10.0 Å². The Morgan fingerprint density at radius 2 is 2.10 bits per heavy atom. The summed E-state index contributed by atoms with van der Waals surface area (Å²) in [7, 11) is -4.03. The van der Waals surface area contributed by atoms with Gasteiger partial charge in [0.2, 0.25) is 0 Å². The van der Waals surface area contributed by atoms with Gasteiger partial charge in [0.1, 0.15) is 9.77 Å². The number of benzene rings is 1. The van der Waals surface area contributed by atoms with Crippen molar-refractivity contribution in [3.8, 4) is 0 Å². The molecule has 2 rings (SSSR count). The zero-order valence-electron chi connectivity index (χ0n) is 10.6. The quantitative estimate of drug-likeness (QED) is 0.799. The van der Waals surface area contributed by atoms with Gasteiger partial charge in [0.15, 0.2) is 0 Å². The summed E-state index contributed by atoms with van der Waals surface area (Å²) in [4.78, 5) is 10.7. The van der Waals surface area contributed by atoms with Gasteiger partial charge in [0.05, 0.1) is 10.7 Å². The molecule has 0 bridgehead atoms. The lowest BCUT2D eigenvalue weighted by Gasteiger charge is -2.10. The molecule has 0 aliphatic heterocycles. The molecular weight excluding hydrogens is 402 g/mol. The summed E-state index contributed by atoms with van der Waals surface area (Å²) in [6, 6.07) is 4.66. The molecule has 1 aromatic heterocycles. The summed E-state index contributed by atoms with van der Waals surface area (Å²) in [6.45, 7) is 1.54. The molecule has 9 heteroatoms. The highest BCUT2D eigenvalue weighted by Gasteiger charge is 2.27. The number of anilines is 1. The topological polar surface area (TPSA) is 83.5 Å². The fourth-order valence-electron chi connectivity index (χ4n) is 1.68. The molecule has 2 N–H and O–H groups in total. The second kappa shape index (κ2) is 5.96. The number of aromatic carboxylic acids is 1. The minimum atomic E-state index is -4.03. The predicted molar refractivity (Wildman–Crippen MR) is 86.0 cm³/mol. The molecule has 5 nitrogen and oxygen atoms in total. The highest BCUT2D eigenvalue weighted by molar-refractivity contribution is 9.10. The predicted octanol–water partition coefficient (Wildman–Crippen LogP) is 3.97. The third-order valence-electron chi connectivity index (χ3n) is 2.56. The van der Waals surface area contributed by atoms with Gasteiger partial charge < -0.3 is 5.11 Å². The fourth-order valence-corrected chi connectivity index (χ4v) is 5.17. The van der Waals surface area contributed by atoms with E-state index >= 15 is 0 Å². The van der Waals surface area contributed by atoms with E-state index in [1.54, 1.807) is 13.0 Å². The second-order valence-electron chi connectivity index (χ2n) is 4.11. The number of carbonyl (C=O) groups is 1. The molecule has 0 radical (unpaired) electrons. The van der Waals surface area contributed by atoms with Crippen molar-refractivity contribution in [3.05, 3.63) is 43.5 Å². The summed E-state index contributed by atoms with van der Waals surface area (Å²) >= 11 is 10.1. The van der Waals surface area contributed by atoms with Crippen LogP contribution in [0.1, 0.15) is 15.2 Å². The zero-order valence-corrected chi connectivity index (χ0v) is 14.5. The van der Waals surface area contributed by atoms with Gasteiger partial charge in [-0.1, -0.05) is 27.5 Å². The van der Waals surface area contributed by atoms with E-state index in [-0.39, 0.29) is 20.5 Å². The summed E-state index contributed by atoms with van der Waals surface area (Å²) in [5.74, 6) is -1.28. The van der Waals surface area contributed by atoms with Crippen LogP contribution in [0, 0.1) is 6.92 Å². The summed E-state index contributed by atoms with van der Waals surface area (Å²) in [5.41, 5.74) is 0.555. The van der Waals surface area contributed by atoms with Crippen LogP contribution in [0.15, 0.2) is 32.9 Å². The number of halogens is 2. The molecule has 0 unspecified atom stereocenters. The van der Waals surface area contributed by atoms with Gasteiger partial charge in [-0.15, -0.1) is 11.3 Å². The normalized spacial score (nSPS) is 11.4. The second-order valence-corrected chi connectivity index (χ2v) is 7.93. The number of thiophene rings is 1. The van der Waals surface area contributed by atoms with Gasteiger partial charge in [-0.3, -0.25) is 4.72 Å². The van der Waals surface area contributed by atoms with Gasteiger partial charge in [-0.25, -0.2) is 13.2 Å². The SMILES string of the molecule is Cc1csc(C(=O)O)c1S(=O)(=O)Nc1ccc(Br)cc1Cl. The molecule has 0 amide bonds. The number of hydrogen-bond acceptors (Lipinski definition) is 4. The monoisotopic (exact) mass is 409 g/mol. The van der Waals surface area contributed by atoms with E-state index in [9.17, 15) is 13.2 Å². The van der Waals surface area contributed by atoms with Crippen molar-refractivity contribution < 1.29 is 18.3 Å². The Labute approximate surface area is 138 Å². The third-order valence-corrected chi connectivity index (χ3v) is 6.13. The molecule has 21 heavy (non-hydrogen) atoms. The molecule has 1 heterocycles. The van der Waals surface area contributed by atoms with E-state index in [2.05, 4.69) is 20.7 Å². The van der Waals surface area contributed by atoms with Crippen molar-refractivity contribution in [2.24, 2.45) is 0 Å². The Hall–Kier alpha value is -1.09. The lowest BCUT2D eigenvalue weighted by atomic mass is 10.3. The number of hydrogen-bond donors (Lipinski definition) is 2. The number of aryl methyl sites for hydroxylation is 1. The molecule has 0 atom stereocenters. The lowest BCUT2D eigenvalue weighted by molar-refractivity contribution is 0.0698. The summed E-state index contributed by atoms with van der Waals surface area (Å²) in [5, 5.41) is 10.8. The zero-order chi connectivity index (χ0) is 15.8. The Balaban J connectivity index is 2.48. The highest BCUT2D eigenvalue weighted by atomic mass is 79.9. The molecule has 0 saturated carbocycles. The van der Waals surface area contributed by atoms with Gasteiger partial charge in [-0.2, -0.15) is 0 Å². The fraction of sp³-hybridized carbons (Fsp3) is 0.0833. The average Bonchev–Trinajstić information content (AvgIpc) is 2.76.